The molecule has 0 radical (unpaired) electrons. The predicted molar refractivity (Wildman–Crippen MR) is 69.4 cm³/mol. The summed E-state index contributed by atoms with van der Waals surface area (Å²) < 4.78 is 0. The second-order valence-corrected chi connectivity index (χ2v) is 5.43. The second kappa shape index (κ2) is 6.28. The molecule has 1 heterocycles. The third-order valence-electron chi connectivity index (χ3n) is 2.18. The van der Waals surface area contributed by atoms with Crippen LogP contribution in [-0.2, 0) is 4.79 Å². The van der Waals surface area contributed by atoms with Crippen LogP contribution in [0.4, 0.5) is 5.00 Å². The van der Waals surface area contributed by atoms with Crippen molar-refractivity contribution in [3.05, 3.63) is 27.1 Å². The molecule has 0 bridgehead atoms. The van der Waals surface area contributed by atoms with Crippen LogP contribution in [-0.4, -0.2) is 39.9 Å². The van der Waals surface area contributed by atoms with Crippen molar-refractivity contribution in [1.82, 2.24) is 4.90 Å². The van der Waals surface area contributed by atoms with Gasteiger partial charge in [-0.3, -0.25) is 19.7 Å². The number of rotatable bonds is 6. The molecular weight excluding hydrogens is 272 g/mol. The number of hydrogen-bond acceptors (Lipinski definition) is 5. The second-order valence-electron chi connectivity index (χ2n) is 4.37. The van der Waals surface area contributed by atoms with E-state index in [1.807, 2.05) is 13.8 Å². The lowest BCUT2D eigenvalue weighted by molar-refractivity contribution is -0.380. The highest BCUT2D eigenvalue weighted by Gasteiger charge is 2.23. The van der Waals surface area contributed by atoms with Gasteiger partial charge in [0.15, 0.2) is 0 Å². The van der Waals surface area contributed by atoms with E-state index in [1.54, 1.807) is 0 Å². The Hall–Kier alpha value is -1.96. The molecule has 0 spiro atoms. The molecule has 0 aliphatic carbocycles. The third kappa shape index (κ3) is 4.32. The summed E-state index contributed by atoms with van der Waals surface area (Å²) in [6.45, 7) is 3.59. The maximum Gasteiger partial charge on any atom is 0.324 e. The molecule has 0 unspecified atom stereocenters. The molecule has 8 heteroatoms. The molecule has 1 aromatic rings. The molecule has 19 heavy (non-hydrogen) atoms. The summed E-state index contributed by atoms with van der Waals surface area (Å²) in [5.41, 5.74) is 0. The van der Waals surface area contributed by atoms with E-state index in [0.29, 0.717) is 0 Å². The Morgan fingerprint density at radius 1 is 1.47 bits per heavy atom. The SMILES string of the molecule is CC(C)CN(CC(=O)O)C(=O)c1ccc([N+](=O)[O-])s1. The maximum absolute atomic E-state index is 12.1. The summed E-state index contributed by atoms with van der Waals surface area (Å²) in [7, 11) is 0. The number of nitrogens with zero attached hydrogens (tertiary/aromatic N) is 2. The summed E-state index contributed by atoms with van der Waals surface area (Å²) >= 11 is 0.748. The van der Waals surface area contributed by atoms with E-state index in [9.17, 15) is 19.7 Å². The van der Waals surface area contributed by atoms with Crippen molar-refractivity contribution >= 4 is 28.2 Å². The standard InChI is InChI=1S/C11H14N2O5S/c1-7(2)5-12(6-10(14)15)11(16)8-3-4-9(19-8)13(17)18/h3-4,7H,5-6H2,1-2H3,(H,14,15). The highest BCUT2D eigenvalue weighted by atomic mass is 32.1. The summed E-state index contributed by atoms with van der Waals surface area (Å²) in [5, 5.41) is 19.2. The zero-order chi connectivity index (χ0) is 14.6. The van der Waals surface area contributed by atoms with Gasteiger partial charge in [0.25, 0.3) is 5.91 Å². The third-order valence-corrected chi connectivity index (χ3v) is 3.21. The van der Waals surface area contributed by atoms with E-state index in [2.05, 4.69) is 0 Å². The molecule has 104 valence electrons. The lowest BCUT2D eigenvalue weighted by Crippen LogP contribution is -2.37. The van der Waals surface area contributed by atoms with E-state index in [4.69, 9.17) is 5.11 Å². The maximum atomic E-state index is 12.1. The van der Waals surface area contributed by atoms with Crippen molar-refractivity contribution in [3.63, 3.8) is 0 Å². The number of carbonyl (C=O) groups is 2. The predicted octanol–water partition coefficient (Wildman–Crippen LogP) is 1.84. The van der Waals surface area contributed by atoms with Crippen LogP contribution in [0.15, 0.2) is 12.1 Å². The number of hydrogen-bond donors (Lipinski definition) is 1. The molecule has 1 rings (SSSR count). The van der Waals surface area contributed by atoms with Crippen LogP contribution in [0.25, 0.3) is 0 Å². The highest BCUT2D eigenvalue weighted by Crippen LogP contribution is 2.25. The van der Waals surface area contributed by atoms with Gasteiger partial charge < -0.3 is 10.0 Å². The zero-order valence-corrected chi connectivity index (χ0v) is 11.3. The summed E-state index contributed by atoms with van der Waals surface area (Å²) in [6.07, 6.45) is 0. The molecular formula is C11H14N2O5S. The minimum Gasteiger partial charge on any atom is -0.480 e. The van der Waals surface area contributed by atoms with E-state index in [0.717, 1.165) is 11.3 Å². The average molecular weight is 286 g/mol. The normalized spacial score (nSPS) is 10.5. The summed E-state index contributed by atoms with van der Waals surface area (Å²) in [4.78, 5) is 34.2. The van der Waals surface area contributed by atoms with Crippen LogP contribution in [0.2, 0.25) is 0 Å². The first-order valence-electron chi connectivity index (χ1n) is 5.56. The Morgan fingerprint density at radius 3 is 2.53 bits per heavy atom. The molecule has 0 aromatic carbocycles. The molecule has 1 amide bonds. The van der Waals surface area contributed by atoms with Crippen molar-refractivity contribution < 1.29 is 19.6 Å². The lowest BCUT2D eigenvalue weighted by Gasteiger charge is -2.21. The van der Waals surface area contributed by atoms with Gasteiger partial charge in [-0.1, -0.05) is 25.2 Å². The van der Waals surface area contributed by atoms with Gasteiger partial charge >= 0.3 is 11.0 Å². The Morgan fingerprint density at radius 2 is 2.11 bits per heavy atom. The summed E-state index contributed by atoms with van der Waals surface area (Å²) in [5.74, 6) is -1.49. The van der Waals surface area contributed by atoms with Crippen LogP contribution in [0.5, 0.6) is 0 Å². The van der Waals surface area contributed by atoms with Gasteiger partial charge in [-0.15, -0.1) is 0 Å². The van der Waals surface area contributed by atoms with Crippen molar-refractivity contribution in [2.75, 3.05) is 13.1 Å². The van der Waals surface area contributed by atoms with Gasteiger partial charge in [-0.25, -0.2) is 0 Å². The van der Waals surface area contributed by atoms with Crippen LogP contribution in [0, 0.1) is 16.0 Å². The number of nitro groups is 1. The van der Waals surface area contributed by atoms with E-state index < -0.39 is 23.3 Å². The number of amides is 1. The van der Waals surface area contributed by atoms with Crippen molar-refractivity contribution in [2.24, 2.45) is 5.92 Å². The van der Waals surface area contributed by atoms with E-state index in [1.165, 1.54) is 17.0 Å². The number of carboxylic acid groups (broad SMARTS) is 1. The lowest BCUT2D eigenvalue weighted by atomic mass is 10.2. The minimum absolute atomic E-state index is 0.109. The average Bonchev–Trinajstić information content (AvgIpc) is 2.75. The first-order valence-corrected chi connectivity index (χ1v) is 6.38. The Kier molecular flexibility index (Phi) is 4.99. The fourth-order valence-electron chi connectivity index (χ4n) is 1.52. The van der Waals surface area contributed by atoms with E-state index in [-0.39, 0.29) is 22.3 Å². The van der Waals surface area contributed by atoms with Crippen molar-refractivity contribution in [1.29, 1.82) is 0 Å². The topological polar surface area (TPSA) is 101 Å². The largest absolute Gasteiger partial charge is 0.480 e. The van der Waals surface area contributed by atoms with Crippen LogP contribution < -0.4 is 0 Å². The quantitative estimate of drug-likeness (QED) is 0.635. The molecule has 1 N–H and O–H groups in total. The van der Waals surface area contributed by atoms with Crippen LogP contribution in [0.1, 0.15) is 23.5 Å². The summed E-state index contributed by atoms with van der Waals surface area (Å²) in [6, 6.07) is 2.59. The monoisotopic (exact) mass is 286 g/mol. The van der Waals surface area contributed by atoms with Crippen LogP contribution >= 0.6 is 11.3 Å². The van der Waals surface area contributed by atoms with Gasteiger partial charge in [0, 0.05) is 12.6 Å². The number of carboxylic acids is 1. The van der Waals surface area contributed by atoms with Gasteiger partial charge in [-0.2, -0.15) is 0 Å². The van der Waals surface area contributed by atoms with Gasteiger partial charge in [0.05, 0.1) is 9.80 Å². The molecule has 0 aliphatic heterocycles. The van der Waals surface area contributed by atoms with Crippen molar-refractivity contribution in [3.8, 4) is 0 Å². The van der Waals surface area contributed by atoms with Crippen molar-refractivity contribution in [2.45, 2.75) is 13.8 Å². The Labute approximate surface area is 113 Å². The van der Waals surface area contributed by atoms with Gasteiger partial charge in [0.2, 0.25) is 0 Å². The fourth-order valence-corrected chi connectivity index (χ4v) is 2.31. The number of carbonyl (C=O) groups excluding carboxylic acids is 1. The fraction of sp³-hybridized carbons (Fsp3) is 0.455. The Balaban J connectivity index is 2.90. The molecule has 0 atom stereocenters. The molecule has 0 aliphatic rings. The highest BCUT2D eigenvalue weighted by molar-refractivity contribution is 7.17. The van der Waals surface area contributed by atoms with Crippen LogP contribution in [0.3, 0.4) is 0 Å². The first-order chi connectivity index (χ1) is 8.81. The van der Waals surface area contributed by atoms with Gasteiger partial charge in [-0.05, 0) is 12.0 Å². The van der Waals surface area contributed by atoms with E-state index >= 15 is 0 Å². The molecule has 1 aromatic heterocycles. The molecule has 7 nitrogen and oxygen atoms in total. The molecule has 0 saturated carbocycles. The van der Waals surface area contributed by atoms with Gasteiger partial charge in [0.1, 0.15) is 6.54 Å². The first kappa shape index (κ1) is 15.1. The smallest absolute Gasteiger partial charge is 0.324 e. The number of thiophene rings is 1. The molecule has 0 fully saturated rings. The number of aliphatic carboxylic acids is 1. The Bertz CT molecular complexity index is 497. The zero-order valence-electron chi connectivity index (χ0n) is 10.5. The molecule has 0 saturated heterocycles. The minimum atomic E-state index is -1.11.